The van der Waals surface area contributed by atoms with Gasteiger partial charge in [-0.15, -0.1) is 0 Å². The number of benzene rings is 4. The fraction of sp³-hybridized carbons (Fsp3) is 0. The SMILES string of the molecule is I[As](c1ccccc1)(c1ccccc1)(c1ccccc1)c1ccccc1.[CH3-].[CH3-].[I][Au]. The van der Waals surface area contributed by atoms with Crippen molar-refractivity contribution in [2.24, 2.45) is 0 Å². The van der Waals surface area contributed by atoms with E-state index in [1.807, 2.05) is 0 Å². The van der Waals surface area contributed by atoms with Crippen molar-refractivity contribution in [1.29, 1.82) is 0 Å². The van der Waals surface area contributed by atoms with Crippen molar-refractivity contribution >= 4 is 65.7 Å². The number of hydrogen-bond donors (Lipinski definition) is 0. The van der Waals surface area contributed by atoms with Gasteiger partial charge in [-0.1, -0.05) is 0 Å². The summed E-state index contributed by atoms with van der Waals surface area (Å²) in [6.07, 6.45) is 0. The number of halogens is 2. The molecule has 4 aromatic carbocycles. The predicted octanol–water partition coefficient (Wildman–Crippen LogP) is 5.73. The van der Waals surface area contributed by atoms with Crippen LogP contribution in [0.1, 0.15) is 0 Å². The van der Waals surface area contributed by atoms with Crippen LogP contribution in [0.3, 0.4) is 0 Å². The van der Waals surface area contributed by atoms with Crippen molar-refractivity contribution in [3.05, 3.63) is 136 Å². The van der Waals surface area contributed by atoms with Crippen molar-refractivity contribution in [3.8, 4) is 0 Å². The van der Waals surface area contributed by atoms with E-state index in [9.17, 15) is 0 Å². The third-order valence-electron chi connectivity index (χ3n) is 4.96. The zero-order chi connectivity index (χ0) is 19.9. The summed E-state index contributed by atoms with van der Waals surface area (Å²) >= 11 is 7.19. The predicted molar refractivity (Wildman–Crippen MR) is 151 cm³/mol. The molecule has 4 rings (SSSR count). The van der Waals surface area contributed by atoms with Gasteiger partial charge in [0, 0.05) is 0 Å². The van der Waals surface area contributed by atoms with E-state index >= 15 is 0 Å². The Balaban J connectivity index is 0.00000109. The summed E-state index contributed by atoms with van der Waals surface area (Å²) < 4.78 is 5.70. The molecule has 0 saturated heterocycles. The van der Waals surface area contributed by atoms with Gasteiger partial charge in [0.05, 0.1) is 0 Å². The minimum absolute atomic E-state index is 0. The summed E-state index contributed by atoms with van der Waals surface area (Å²) in [4.78, 5) is 0. The maximum atomic E-state index is 2.85. The van der Waals surface area contributed by atoms with Crippen LogP contribution in [-0.4, -0.2) is 9.10 Å². The molecular formula is C26H26AsAuI2-2. The Kier molecular flexibility index (Phi) is 11.6. The van der Waals surface area contributed by atoms with Crippen molar-refractivity contribution in [3.63, 3.8) is 0 Å². The van der Waals surface area contributed by atoms with Gasteiger partial charge < -0.3 is 14.9 Å². The Bertz CT molecular complexity index is 825. The Hall–Kier alpha value is -0.361. The van der Waals surface area contributed by atoms with Crippen LogP contribution in [0.25, 0.3) is 0 Å². The van der Waals surface area contributed by atoms with Crippen LogP contribution in [0, 0.1) is 14.9 Å². The molecule has 0 aliphatic carbocycles. The van der Waals surface area contributed by atoms with Crippen molar-refractivity contribution in [2.75, 3.05) is 0 Å². The van der Waals surface area contributed by atoms with Crippen LogP contribution >= 0.6 is 39.1 Å². The second-order valence-corrected chi connectivity index (χ2v) is 24.9. The molecule has 0 amide bonds. The Morgan fingerprint density at radius 1 is 0.400 bits per heavy atom. The van der Waals surface area contributed by atoms with E-state index in [1.165, 1.54) is 17.4 Å². The molecule has 4 heteroatoms. The first kappa shape index (κ1) is 27.7. The van der Waals surface area contributed by atoms with E-state index in [2.05, 4.69) is 178 Å². The molecule has 0 nitrogen and oxygen atoms in total. The second kappa shape index (κ2) is 12.6. The molecule has 0 aromatic heterocycles. The van der Waals surface area contributed by atoms with Crippen molar-refractivity contribution in [1.82, 2.24) is 0 Å². The molecule has 162 valence electrons. The average molecular weight is 864 g/mol. The van der Waals surface area contributed by atoms with Crippen LogP contribution in [0.5, 0.6) is 0 Å². The van der Waals surface area contributed by atoms with Gasteiger partial charge >= 0.3 is 204 Å². The third-order valence-corrected chi connectivity index (χ3v) is 27.2. The zero-order valence-corrected chi connectivity index (χ0v) is 25.4. The van der Waals surface area contributed by atoms with Crippen LogP contribution < -0.4 is 17.4 Å². The normalized spacial score (nSPS) is 11.4. The van der Waals surface area contributed by atoms with E-state index in [4.69, 9.17) is 0 Å². The number of rotatable bonds is 4. The average Bonchev–Trinajstić information content (AvgIpc) is 2.82. The van der Waals surface area contributed by atoms with Gasteiger partial charge in [-0.2, -0.15) is 0 Å². The topological polar surface area (TPSA) is 0 Å². The van der Waals surface area contributed by atoms with E-state index in [1.54, 1.807) is 0 Å². The molecule has 0 aliphatic heterocycles. The van der Waals surface area contributed by atoms with Crippen LogP contribution in [0.15, 0.2) is 121 Å². The first-order valence-corrected chi connectivity index (χ1v) is 24.4. The van der Waals surface area contributed by atoms with Gasteiger partial charge in [0.1, 0.15) is 0 Å². The number of hydrogen-bond acceptors (Lipinski definition) is 0. The Morgan fingerprint density at radius 2 is 0.567 bits per heavy atom. The van der Waals surface area contributed by atoms with Crippen molar-refractivity contribution < 1.29 is 17.3 Å². The van der Waals surface area contributed by atoms with Crippen LogP contribution in [0.2, 0.25) is 0 Å². The first-order chi connectivity index (χ1) is 13.7. The molecule has 0 aliphatic rings. The molecular weight excluding hydrogens is 838 g/mol. The van der Waals surface area contributed by atoms with E-state index in [0.717, 1.165) is 0 Å². The molecule has 0 atom stereocenters. The van der Waals surface area contributed by atoms with Crippen LogP contribution in [0.4, 0.5) is 0 Å². The summed E-state index contributed by atoms with van der Waals surface area (Å²) in [5.74, 6) is 0. The quantitative estimate of drug-likeness (QED) is 0.140. The van der Waals surface area contributed by atoms with E-state index in [0.29, 0.717) is 0 Å². The molecule has 30 heavy (non-hydrogen) atoms. The minimum atomic E-state index is -3.58. The summed E-state index contributed by atoms with van der Waals surface area (Å²) in [6, 6.07) is 44.3. The third kappa shape index (κ3) is 4.84. The Morgan fingerprint density at radius 3 is 0.733 bits per heavy atom. The molecule has 0 heterocycles. The van der Waals surface area contributed by atoms with Gasteiger partial charge in [0.15, 0.2) is 0 Å². The molecule has 0 unspecified atom stereocenters. The fourth-order valence-electron chi connectivity index (χ4n) is 3.73. The monoisotopic (exact) mass is 864 g/mol. The summed E-state index contributed by atoms with van der Waals surface area (Å²) in [5.41, 5.74) is 0. The van der Waals surface area contributed by atoms with Gasteiger partial charge in [-0.05, 0) is 0 Å². The standard InChI is InChI=1S/C24H20AsI.2CH3.Au.HI/c26-25(21-13-5-1-6-14-21,22-15-7-2-8-16-22,23-17-9-3-10-18-23)24-19-11-4-12-20-24;;;;/h1-20H;2*1H3;;1H/q;2*-1;+1;/p-1. The zero-order valence-electron chi connectivity index (χ0n) is 17.1. The van der Waals surface area contributed by atoms with Gasteiger partial charge in [-0.3, -0.25) is 0 Å². The molecule has 0 N–H and O–H groups in total. The van der Waals surface area contributed by atoms with E-state index < -0.39 is 9.10 Å². The van der Waals surface area contributed by atoms with Crippen LogP contribution in [-0.2, 0) is 17.3 Å². The van der Waals surface area contributed by atoms with Gasteiger partial charge in [0.25, 0.3) is 0 Å². The summed E-state index contributed by atoms with van der Waals surface area (Å²) in [7, 11) is -3.58. The first-order valence-electron chi connectivity index (χ1n) is 8.82. The Labute approximate surface area is 216 Å². The summed E-state index contributed by atoms with van der Waals surface area (Å²) in [6.45, 7) is 0. The molecule has 0 radical (unpaired) electrons. The van der Waals surface area contributed by atoms with Gasteiger partial charge in [-0.25, -0.2) is 0 Å². The molecule has 4 aromatic rings. The molecule has 0 spiro atoms. The molecule has 0 bridgehead atoms. The second-order valence-electron chi connectivity index (χ2n) is 6.35. The summed E-state index contributed by atoms with van der Waals surface area (Å²) in [5, 5.41) is 0. The van der Waals surface area contributed by atoms with E-state index in [-0.39, 0.29) is 14.9 Å². The maximum absolute atomic E-state index is 3.58. The molecule has 0 fully saturated rings. The van der Waals surface area contributed by atoms with Gasteiger partial charge in [0.2, 0.25) is 0 Å². The van der Waals surface area contributed by atoms with Crippen molar-refractivity contribution in [2.45, 2.75) is 0 Å². The fourth-order valence-corrected chi connectivity index (χ4v) is 20.3. The molecule has 0 saturated carbocycles.